The van der Waals surface area contributed by atoms with Gasteiger partial charge < -0.3 is 19.2 Å². The second-order valence-corrected chi connectivity index (χ2v) is 6.32. The van der Waals surface area contributed by atoms with Crippen LogP contribution in [0, 0.1) is 0 Å². The molecule has 0 radical (unpaired) electrons. The van der Waals surface area contributed by atoms with E-state index < -0.39 is 6.29 Å². The number of benzene rings is 2. The summed E-state index contributed by atoms with van der Waals surface area (Å²) in [6, 6.07) is 11.4. The van der Waals surface area contributed by atoms with Gasteiger partial charge in [0.2, 0.25) is 0 Å². The minimum atomic E-state index is -3.66. The van der Waals surface area contributed by atoms with Gasteiger partial charge in [0.15, 0.2) is 17.1 Å². The van der Waals surface area contributed by atoms with Crippen LogP contribution in [0.2, 0.25) is 0 Å². The summed E-state index contributed by atoms with van der Waals surface area (Å²) in [5.74, 6) is -0.414. The number of hydrogen-bond acceptors (Lipinski definition) is 5. The van der Waals surface area contributed by atoms with Crippen molar-refractivity contribution in [3.63, 3.8) is 0 Å². The predicted molar refractivity (Wildman–Crippen MR) is 95.3 cm³/mol. The summed E-state index contributed by atoms with van der Waals surface area (Å²) >= 11 is 0. The number of halogens is 2. The standard InChI is InChI=1S/C20H12F2N2O4/c21-20(22)27-15-4-1-11(7-17(15)28-20)9-24-19(25)12-2-3-13-14-5-6-23-10-18(14)26-16(13)8-12/h1-8,10H,9H2,(H,24,25). The Balaban J connectivity index is 1.34. The fraction of sp³-hybridized carbons (Fsp3) is 0.100. The highest BCUT2D eigenvalue weighted by molar-refractivity contribution is 6.07. The van der Waals surface area contributed by atoms with Crippen LogP contribution in [-0.4, -0.2) is 17.2 Å². The van der Waals surface area contributed by atoms with Gasteiger partial charge in [-0.2, -0.15) is 0 Å². The summed E-state index contributed by atoms with van der Waals surface area (Å²) in [6.45, 7) is 0.142. The van der Waals surface area contributed by atoms with Crippen LogP contribution in [0.3, 0.4) is 0 Å². The molecule has 1 aliphatic heterocycles. The van der Waals surface area contributed by atoms with Gasteiger partial charge in [0.25, 0.3) is 5.91 Å². The average molecular weight is 382 g/mol. The molecule has 28 heavy (non-hydrogen) atoms. The van der Waals surface area contributed by atoms with Crippen LogP contribution in [0.5, 0.6) is 11.5 Å². The lowest BCUT2D eigenvalue weighted by molar-refractivity contribution is -0.286. The topological polar surface area (TPSA) is 73.6 Å². The maximum atomic E-state index is 13.1. The van der Waals surface area contributed by atoms with E-state index in [0.717, 1.165) is 10.8 Å². The molecule has 0 saturated heterocycles. The number of nitrogens with zero attached hydrogens (tertiary/aromatic N) is 1. The summed E-state index contributed by atoms with van der Waals surface area (Å²) in [5, 5.41) is 4.57. The predicted octanol–water partition coefficient (Wildman–Crippen LogP) is 4.23. The van der Waals surface area contributed by atoms with Crippen molar-refractivity contribution in [1.29, 1.82) is 0 Å². The van der Waals surface area contributed by atoms with E-state index in [1.54, 1.807) is 30.6 Å². The van der Waals surface area contributed by atoms with Gasteiger partial charge in [0.05, 0.1) is 6.20 Å². The Hall–Kier alpha value is -3.68. The number of aromatic nitrogens is 1. The normalized spacial score (nSPS) is 14.5. The molecule has 5 rings (SSSR count). The number of alkyl halides is 2. The maximum absolute atomic E-state index is 13.1. The van der Waals surface area contributed by atoms with Crippen LogP contribution in [0.4, 0.5) is 8.78 Å². The first-order chi connectivity index (χ1) is 13.5. The lowest BCUT2D eigenvalue weighted by atomic mass is 10.1. The summed E-state index contributed by atoms with van der Waals surface area (Å²) < 4.78 is 40.7. The van der Waals surface area contributed by atoms with Gasteiger partial charge in [0.1, 0.15) is 5.58 Å². The van der Waals surface area contributed by atoms with Crippen molar-refractivity contribution in [3.8, 4) is 11.5 Å². The summed E-state index contributed by atoms with van der Waals surface area (Å²) in [6.07, 6.45) is -0.362. The van der Waals surface area contributed by atoms with E-state index in [1.807, 2.05) is 12.1 Å². The number of carbonyl (C=O) groups excluding carboxylic acids is 1. The Labute approximate surface area is 156 Å². The van der Waals surface area contributed by atoms with Crippen molar-refractivity contribution < 1.29 is 27.5 Å². The highest BCUT2D eigenvalue weighted by Gasteiger charge is 2.43. The Bertz CT molecular complexity index is 1240. The van der Waals surface area contributed by atoms with Crippen molar-refractivity contribution in [1.82, 2.24) is 10.3 Å². The van der Waals surface area contributed by atoms with Crippen LogP contribution in [0.25, 0.3) is 21.9 Å². The summed E-state index contributed by atoms with van der Waals surface area (Å²) in [5.41, 5.74) is 2.25. The molecule has 2 aromatic heterocycles. The maximum Gasteiger partial charge on any atom is 0.586 e. The molecule has 0 fully saturated rings. The van der Waals surface area contributed by atoms with Crippen LogP contribution in [0.1, 0.15) is 15.9 Å². The molecule has 6 nitrogen and oxygen atoms in total. The van der Waals surface area contributed by atoms with Crippen LogP contribution in [0.15, 0.2) is 59.3 Å². The lowest BCUT2D eigenvalue weighted by Crippen LogP contribution is -2.26. The molecule has 8 heteroatoms. The van der Waals surface area contributed by atoms with E-state index in [2.05, 4.69) is 19.8 Å². The molecule has 0 atom stereocenters. The van der Waals surface area contributed by atoms with Crippen molar-refractivity contribution in [2.75, 3.05) is 0 Å². The molecule has 140 valence electrons. The molecule has 1 N–H and O–H groups in total. The van der Waals surface area contributed by atoms with E-state index in [1.165, 1.54) is 12.1 Å². The van der Waals surface area contributed by atoms with Crippen LogP contribution < -0.4 is 14.8 Å². The van der Waals surface area contributed by atoms with Crippen molar-refractivity contribution in [2.45, 2.75) is 12.8 Å². The zero-order chi connectivity index (χ0) is 19.3. The van der Waals surface area contributed by atoms with Gasteiger partial charge in [-0.1, -0.05) is 6.07 Å². The Kier molecular flexibility index (Phi) is 3.48. The second-order valence-electron chi connectivity index (χ2n) is 6.32. The first-order valence-corrected chi connectivity index (χ1v) is 8.42. The number of carbonyl (C=O) groups is 1. The average Bonchev–Trinajstić information content (AvgIpc) is 3.20. The second kappa shape index (κ2) is 5.91. The zero-order valence-corrected chi connectivity index (χ0v) is 14.2. The monoisotopic (exact) mass is 382 g/mol. The minimum absolute atomic E-state index is 0.0371. The molecular formula is C20H12F2N2O4. The number of rotatable bonds is 3. The molecule has 1 aliphatic rings. The SMILES string of the molecule is O=C(NCc1ccc2c(c1)OC(F)(F)O2)c1ccc2c(c1)oc1cnccc12. The summed E-state index contributed by atoms with van der Waals surface area (Å²) in [4.78, 5) is 16.5. The van der Waals surface area contributed by atoms with Gasteiger partial charge in [-0.05, 0) is 42.0 Å². The van der Waals surface area contributed by atoms with E-state index in [-0.39, 0.29) is 24.0 Å². The molecule has 0 unspecified atom stereocenters. The number of fused-ring (bicyclic) bond motifs is 4. The highest BCUT2D eigenvalue weighted by atomic mass is 19.3. The van der Waals surface area contributed by atoms with Gasteiger partial charge in [-0.25, -0.2) is 0 Å². The van der Waals surface area contributed by atoms with E-state index in [9.17, 15) is 13.6 Å². The Morgan fingerprint density at radius 2 is 1.82 bits per heavy atom. The lowest BCUT2D eigenvalue weighted by Gasteiger charge is -2.06. The third kappa shape index (κ3) is 2.79. The largest absolute Gasteiger partial charge is 0.586 e. The molecule has 0 bridgehead atoms. The molecule has 2 aromatic carbocycles. The smallest absolute Gasteiger partial charge is 0.454 e. The summed E-state index contributed by atoms with van der Waals surface area (Å²) in [7, 11) is 0. The quantitative estimate of drug-likeness (QED) is 0.574. The van der Waals surface area contributed by atoms with Gasteiger partial charge in [0, 0.05) is 29.1 Å². The van der Waals surface area contributed by atoms with Crippen LogP contribution >= 0.6 is 0 Å². The fourth-order valence-corrected chi connectivity index (χ4v) is 3.16. The van der Waals surface area contributed by atoms with E-state index in [4.69, 9.17) is 4.42 Å². The first kappa shape index (κ1) is 16.5. The molecule has 1 amide bonds. The third-order valence-corrected chi connectivity index (χ3v) is 4.46. The number of ether oxygens (including phenoxy) is 2. The first-order valence-electron chi connectivity index (χ1n) is 8.42. The van der Waals surface area contributed by atoms with E-state index >= 15 is 0 Å². The fourth-order valence-electron chi connectivity index (χ4n) is 3.16. The highest BCUT2D eigenvalue weighted by Crippen LogP contribution is 2.41. The third-order valence-electron chi connectivity index (χ3n) is 4.46. The zero-order valence-electron chi connectivity index (χ0n) is 14.2. The Morgan fingerprint density at radius 3 is 2.71 bits per heavy atom. The van der Waals surface area contributed by atoms with Crippen molar-refractivity contribution in [2.24, 2.45) is 0 Å². The van der Waals surface area contributed by atoms with Crippen LogP contribution in [-0.2, 0) is 6.54 Å². The van der Waals surface area contributed by atoms with Crippen molar-refractivity contribution in [3.05, 3.63) is 66.0 Å². The molecule has 0 saturated carbocycles. The van der Waals surface area contributed by atoms with Crippen molar-refractivity contribution >= 4 is 27.8 Å². The number of hydrogen-bond donors (Lipinski definition) is 1. The molecule has 3 heterocycles. The molecule has 0 spiro atoms. The van der Waals surface area contributed by atoms with Gasteiger partial charge >= 0.3 is 6.29 Å². The molecular weight excluding hydrogens is 370 g/mol. The van der Waals surface area contributed by atoms with Gasteiger partial charge in [-0.3, -0.25) is 9.78 Å². The van der Waals surface area contributed by atoms with E-state index in [0.29, 0.717) is 22.3 Å². The minimum Gasteiger partial charge on any atom is -0.454 e. The van der Waals surface area contributed by atoms with Gasteiger partial charge in [-0.15, -0.1) is 8.78 Å². The number of nitrogens with one attached hydrogen (secondary N) is 1. The number of amides is 1. The Morgan fingerprint density at radius 1 is 1.00 bits per heavy atom. The molecule has 0 aliphatic carbocycles. The number of furan rings is 1. The number of pyridine rings is 1. The molecule has 4 aromatic rings.